The molecule has 31 heavy (non-hydrogen) atoms. The molecule has 0 bridgehead atoms. The summed E-state index contributed by atoms with van der Waals surface area (Å²) in [7, 11) is 0. The summed E-state index contributed by atoms with van der Waals surface area (Å²) >= 11 is 0. The Hall–Kier alpha value is -3.77. The Balaban J connectivity index is 1.52. The van der Waals surface area contributed by atoms with E-state index in [2.05, 4.69) is 38.3 Å². The molecule has 1 N–H and O–H groups in total. The fraction of sp³-hybridized carbons (Fsp3) is 0.160. The Labute approximate surface area is 179 Å². The van der Waals surface area contributed by atoms with E-state index < -0.39 is 0 Å². The predicted octanol–water partition coefficient (Wildman–Crippen LogP) is 4.26. The summed E-state index contributed by atoms with van der Waals surface area (Å²) in [5, 5.41) is 0.613. The number of hydrogen-bond acceptors (Lipinski definition) is 4. The van der Waals surface area contributed by atoms with Gasteiger partial charge in [-0.25, -0.2) is 9.97 Å². The van der Waals surface area contributed by atoms with Crippen molar-refractivity contribution in [3.05, 3.63) is 101 Å². The average molecular weight is 409 g/mol. The molecule has 6 nitrogen and oxygen atoms in total. The maximum absolute atomic E-state index is 12.5. The topological polar surface area (TPSA) is 66.3 Å². The fourth-order valence-corrected chi connectivity index (χ4v) is 3.94. The Kier molecular flexibility index (Phi) is 5.06. The SMILES string of the molecule is CCN(Cc1nc2ccccc2c(=O)[nH]1)Cc1c(-c2ccccc2)nc2ccccn12. The van der Waals surface area contributed by atoms with Crippen LogP contribution in [0.15, 0.2) is 83.8 Å². The predicted molar refractivity (Wildman–Crippen MR) is 123 cm³/mol. The van der Waals surface area contributed by atoms with Crippen molar-refractivity contribution in [3.8, 4) is 11.3 Å². The maximum atomic E-state index is 12.5. The number of nitrogens with zero attached hydrogens (tertiary/aromatic N) is 4. The molecule has 0 saturated heterocycles. The van der Waals surface area contributed by atoms with Crippen molar-refractivity contribution in [2.75, 3.05) is 6.54 Å². The van der Waals surface area contributed by atoms with Crippen LogP contribution in [0.1, 0.15) is 18.4 Å². The van der Waals surface area contributed by atoms with E-state index in [1.165, 1.54) is 0 Å². The molecule has 154 valence electrons. The van der Waals surface area contributed by atoms with Crippen molar-refractivity contribution in [1.29, 1.82) is 0 Å². The minimum absolute atomic E-state index is 0.101. The molecule has 6 heteroatoms. The molecule has 0 fully saturated rings. The van der Waals surface area contributed by atoms with E-state index in [0.717, 1.165) is 34.7 Å². The van der Waals surface area contributed by atoms with Crippen molar-refractivity contribution in [1.82, 2.24) is 24.3 Å². The monoisotopic (exact) mass is 409 g/mol. The normalized spacial score (nSPS) is 11.5. The van der Waals surface area contributed by atoms with Gasteiger partial charge in [0, 0.05) is 18.3 Å². The lowest BCUT2D eigenvalue weighted by Crippen LogP contribution is -2.26. The number of H-pyrrole nitrogens is 1. The largest absolute Gasteiger partial charge is 0.309 e. The lowest BCUT2D eigenvalue weighted by atomic mass is 10.1. The molecular weight excluding hydrogens is 386 g/mol. The molecule has 5 rings (SSSR count). The van der Waals surface area contributed by atoms with Gasteiger partial charge in [-0.1, -0.05) is 55.5 Å². The smallest absolute Gasteiger partial charge is 0.258 e. The summed E-state index contributed by atoms with van der Waals surface area (Å²) in [6.07, 6.45) is 2.05. The van der Waals surface area contributed by atoms with Gasteiger partial charge in [0.05, 0.1) is 28.8 Å². The molecule has 3 heterocycles. The van der Waals surface area contributed by atoms with Gasteiger partial charge < -0.3 is 9.38 Å². The number of aromatic nitrogens is 4. The van der Waals surface area contributed by atoms with Crippen molar-refractivity contribution >= 4 is 16.6 Å². The Morgan fingerprint density at radius 2 is 1.68 bits per heavy atom. The van der Waals surface area contributed by atoms with Crippen molar-refractivity contribution < 1.29 is 0 Å². The van der Waals surface area contributed by atoms with Crippen LogP contribution in [0.5, 0.6) is 0 Å². The van der Waals surface area contributed by atoms with Gasteiger partial charge in [0.15, 0.2) is 0 Å². The van der Waals surface area contributed by atoms with E-state index in [1.807, 2.05) is 60.8 Å². The lowest BCUT2D eigenvalue weighted by molar-refractivity contribution is 0.261. The highest BCUT2D eigenvalue weighted by molar-refractivity contribution is 5.77. The third-order valence-electron chi connectivity index (χ3n) is 5.53. The highest BCUT2D eigenvalue weighted by Crippen LogP contribution is 2.26. The fourth-order valence-electron chi connectivity index (χ4n) is 3.94. The van der Waals surface area contributed by atoms with E-state index in [1.54, 1.807) is 6.07 Å². The van der Waals surface area contributed by atoms with Crippen LogP contribution in [0, 0.1) is 0 Å². The number of imidazole rings is 1. The molecule has 0 radical (unpaired) electrons. The first-order valence-electron chi connectivity index (χ1n) is 10.4. The van der Waals surface area contributed by atoms with Crippen LogP contribution in [-0.4, -0.2) is 30.8 Å². The molecule has 0 aliphatic heterocycles. The summed E-state index contributed by atoms with van der Waals surface area (Å²) in [4.78, 5) is 27.3. The molecule has 0 spiro atoms. The van der Waals surface area contributed by atoms with E-state index in [9.17, 15) is 4.79 Å². The molecule has 3 aromatic heterocycles. The van der Waals surface area contributed by atoms with Crippen LogP contribution < -0.4 is 5.56 Å². The second kappa shape index (κ2) is 8.16. The third kappa shape index (κ3) is 3.73. The minimum Gasteiger partial charge on any atom is -0.309 e. The zero-order valence-corrected chi connectivity index (χ0v) is 17.3. The van der Waals surface area contributed by atoms with Gasteiger partial charge in [-0.2, -0.15) is 0 Å². The van der Waals surface area contributed by atoms with Gasteiger partial charge in [-0.3, -0.25) is 9.69 Å². The molecule has 0 amide bonds. The van der Waals surface area contributed by atoms with E-state index in [4.69, 9.17) is 4.98 Å². The van der Waals surface area contributed by atoms with Gasteiger partial charge in [0.2, 0.25) is 0 Å². The summed E-state index contributed by atoms with van der Waals surface area (Å²) < 4.78 is 2.14. The maximum Gasteiger partial charge on any atom is 0.258 e. The van der Waals surface area contributed by atoms with Gasteiger partial charge in [0.25, 0.3) is 5.56 Å². The Bertz CT molecular complexity index is 1400. The summed E-state index contributed by atoms with van der Waals surface area (Å²) in [5.41, 5.74) is 4.73. The van der Waals surface area contributed by atoms with E-state index in [-0.39, 0.29) is 5.56 Å². The standard InChI is InChI=1S/C25H23N5O/c1-2-29(17-22-26-20-13-7-6-12-19(20)25(31)27-22)16-21-24(18-10-4-3-5-11-18)28-23-14-8-9-15-30(21)23/h3-15H,2,16-17H2,1H3,(H,26,27,31). The Morgan fingerprint density at radius 3 is 2.52 bits per heavy atom. The van der Waals surface area contributed by atoms with Gasteiger partial charge in [0.1, 0.15) is 11.5 Å². The number of aromatic amines is 1. The number of pyridine rings is 1. The van der Waals surface area contributed by atoms with Crippen molar-refractivity contribution in [3.63, 3.8) is 0 Å². The van der Waals surface area contributed by atoms with Crippen LogP contribution in [0.25, 0.3) is 27.8 Å². The van der Waals surface area contributed by atoms with Crippen molar-refractivity contribution in [2.45, 2.75) is 20.0 Å². The zero-order chi connectivity index (χ0) is 21.2. The molecule has 0 aliphatic rings. The minimum atomic E-state index is -0.101. The van der Waals surface area contributed by atoms with Crippen LogP contribution >= 0.6 is 0 Å². The highest BCUT2D eigenvalue weighted by atomic mass is 16.1. The number of fused-ring (bicyclic) bond motifs is 2. The highest BCUT2D eigenvalue weighted by Gasteiger charge is 2.17. The number of hydrogen-bond donors (Lipinski definition) is 1. The molecule has 2 aromatic carbocycles. The van der Waals surface area contributed by atoms with E-state index >= 15 is 0 Å². The first-order chi connectivity index (χ1) is 15.2. The second-order valence-corrected chi connectivity index (χ2v) is 7.54. The first kappa shape index (κ1) is 19.2. The molecule has 0 unspecified atom stereocenters. The molecule has 0 saturated carbocycles. The van der Waals surface area contributed by atoms with Crippen LogP contribution in [0.3, 0.4) is 0 Å². The number of rotatable bonds is 6. The van der Waals surface area contributed by atoms with Crippen LogP contribution in [-0.2, 0) is 13.1 Å². The van der Waals surface area contributed by atoms with Crippen LogP contribution in [0.4, 0.5) is 0 Å². The number of nitrogens with one attached hydrogen (secondary N) is 1. The van der Waals surface area contributed by atoms with Gasteiger partial charge >= 0.3 is 0 Å². The molecule has 0 aliphatic carbocycles. The summed E-state index contributed by atoms with van der Waals surface area (Å²) in [6, 6.07) is 23.7. The number of benzene rings is 2. The van der Waals surface area contributed by atoms with Gasteiger partial charge in [-0.15, -0.1) is 0 Å². The van der Waals surface area contributed by atoms with Crippen LogP contribution in [0.2, 0.25) is 0 Å². The molecular formula is C25H23N5O. The Morgan fingerprint density at radius 1 is 0.903 bits per heavy atom. The molecule has 0 atom stereocenters. The first-order valence-corrected chi connectivity index (χ1v) is 10.4. The number of para-hydroxylation sites is 1. The third-order valence-corrected chi connectivity index (χ3v) is 5.53. The summed E-state index contributed by atoms with van der Waals surface area (Å²) in [6.45, 7) is 4.16. The second-order valence-electron chi connectivity index (χ2n) is 7.54. The average Bonchev–Trinajstić information content (AvgIpc) is 3.17. The summed E-state index contributed by atoms with van der Waals surface area (Å²) in [5.74, 6) is 0.667. The quantitative estimate of drug-likeness (QED) is 0.455. The van der Waals surface area contributed by atoms with Crippen molar-refractivity contribution in [2.24, 2.45) is 0 Å². The lowest BCUT2D eigenvalue weighted by Gasteiger charge is -2.20. The van der Waals surface area contributed by atoms with Gasteiger partial charge in [-0.05, 0) is 30.8 Å². The zero-order valence-electron chi connectivity index (χ0n) is 17.3. The van der Waals surface area contributed by atoms with E-state index in [0.29, 0.717) is 24.3 Å². The molecule has 5 aromatic rings.